The molecule has 218 valence electrons. The number of ether oxygens (including phenoxy) is 2. The van der Waals surface area contributed by atoms with E-state index in [1.807, 2.05) is 37.3 Å². The van der Waals surface area contributed by atoms with Crippen molar-refractivity contribution in [1.82, 2.24) is 10.2 Å². The van der Waals surface area contributed by atoms with E-state index < -0.39 is 28.5 Å². The zero-order chi connectivity index (χ0) is 29.4. The van der Waals surface area contributed by atoms with Gasteiger partial charge >= 0.3 is 0 Å². The maximum absolute atomic E-state index is 14.1. The summed E-state index contributed by atoms with van der Waals surface area (Å²) in [6.07, 6.45) is 2.01. The third kappa shape index (κ3) is 8.14. The molecule has 11 heteroatoms. The Hall–Kier alpha value is -3.76. The van der Waals surface area contributed by atoms with Gasteiger partial charge in [-0.2, -0.15) is 0 Å². The number of hydrogen-bond donors (Lipinski definition) is 1. The van der Waals surface area contributed by atoms with Crippen LogP contribution in [-0.2, 0) is 32.6 Å². The predicted molar refractivity (Wildman–Crippen MR) is 159 cm³/mol. The normalized spacial score (nSPS) is 13.2. The Balaban J connectivity index is 1.71. The number of amides is 2. The molecule has 1 N–H and O–H groups in total. The summed E-state index contributed by atoms with van der Waals surface area (Å²) in [7, 11) is -3.90. The second kappa shape index (κ2) is 13.7. The number of carbonyl (C=O) groups is 2. The van der Waals surface area contributed by atoms with Crippen molar-refractivity contribution in [2.24, 2.45) is 0 Å². The van der Waals surface area contributed by atoms with E-state index in [4.69, 9.17) is 21.1 Å². The van der Waals surface area contributed by atoms with Gasteiger partial charge in [-0.1, -0.05) is 61.0 Å². The molecule has 2 amide bonds. The lowest BCUT2D eigenvalue weighted by atomic mass is 10.0. The molecule has 41 heavy (non-hydrogen) atoms. The molecule has 1 aliphatic rings. The van der Waals surface area contributed by atoms with Crippen LogP contribution >= 0.6 is 11.6 Å². The molecule has 0 fully saturated rings. The van der Waals surface area contributed by atoms with Crippen LogP contribution < -0.4 is 19.1 Å². The summed E-state index contributed by atoms with van der Waals surface area (Å²) >= 11 is 6.09. The van der Waals surface area contributed by atoms with Crippen LogP contribution in [0.2, 0.25) is 5.02 Å². The summed E-state index contributed by atoms with van der Waals surface area (Å²) in [6, 6.07) is 20.2. The fourth-order valence-corrected chi connectivity index (χ4v) is 5.47. The predicted octanol–water partition coefficient (Wildman–Crippen LogP) is 4.04. The van der Waals surface area contributed by atoms with Gasteiger partial charge in [0.15, 0.2) is 11.5 Å². The first-order valence-corrected chi connectivity index (χ1v) is 15.6. The van der Waals surface area contributed by atoms with Crippen molar-refractivity contribution in [2.45, 2.75) is 32.4 Å². The van der Waals surface area contributed by atoms with Crippen molar-refractivity contribution in [3.05, 3.63) is 88.9 Å². The third-order valence-electron chi connectivity index (χ3n) is 6.58. The number of nitrogens with one attached hydrogen (secondary N) is 1. The zero-order valence-corrected chi connectivity index (χ0v) is 24.7. The van der Waals surface area contributed by atoms with Crippen LogP contribution in [0.4, 0.5) is 5.69 Å². The number of rotatable bonds is 12. The van der Waals surface area contributed by atoms with Gasteiger partial charge in [-0.15, -0.1) is 0 Å². The van der Waals surface area contributed by atoms with E-state index in [9.17, 15) is 18.0 Å². The van der Waals surface area contributed by atoms with Crippen LogP contribution in [0.5, 0.6) is 11.5 Å². The van der Waals surface area contributed by atoms with Gasteiger partial charge in [-0.05, 0) is 41.8 Å². The fourth-order valence-electron chi connectivity index (χ4n) is 4.51. The quantitative estimate of drug-likeness (QED) is 0.337. The van der Waals surface area contributed by atoms with Gasteiger partial charge in [0.05, 0.1) is 11.9 Å². The largest absolute Gasteiger partial charge is 0.486 e. The molecular weight excluding hydrogens is 566 g/mol. The van der Waals surface area contributed by atoms with E-state index in [1.54, 1.807) is 42.5 Å². The molecule has 0 aliphatic carbocycles. The fraction of sp³-hybridized carbons (Fsp3) is 0.333. The number of hydrogen-bond acceptors (Lipinski definition) is 6. The van der Waals surface area contributed by atoms with Crippen molar-refractivity contribution in [1.29, 1.82) is 0 Å². The lowest BCUT2D eigenvalue weighted by Gasteiger charge is -2.33. The molecule has 0 bridgehead atoms. The van der Waals surface area contributed by atoms with Gasteiger partial charge in [0.2, 0.25) is 21.8 Å². The van der Waals surface area contributed by atoms with Crippen LogP contribution in [0.1, 0.15) is 24.5 Å². The van der Waals surface area contributed by atoms with Crippen LogP contribution in [0.25, 0.3) is 0 Å². The van der Waals surface area contributed by atoms with E-state index >= 15 is 0 Å². The smallest absolute Gasteiger partial charge is 0.244 e. The number of fused-ring (bicyclic) bond motifs is 1. The van der Waals surface area contributed by atoms with Crippen LogP contribution in [0.15, 0.2) is 72.8 Å². The highest BCUT2D eigenvalue weighted by atomic mass is 35.5. The third-order valence-corrected chi connectivity index (χ3v) is 7.97. The number of anilines is 1. The molecule has 4 rings (SSSR count). The van der Waals surface area contributed by atoms with Gasteiger partial charge in [0.1, 0.15) is 25.8 Å². The highest BCUT2D eigenvalue weighted by Gasteiger charge is 2.33. The Morgan fingerprint density at radius 1 is 0.951 bits per heavy atom. The SMILES string of the molecule is CCCNC(=O)[C@@H](Cc1ccccc1)N(Cc1ccc(Cl)cc1)C(=O)CN(c1ccc2c(c1)OCCO2)S(C)(=O)=O. The molecule has 0 unspecified atom stereocenters. The zero-order valence-electron chi connectivity index (χ0n) is 23.1. The first-order valence-electron chi connectivity index (χ1n) is 13.4. The molecular formula is C30H34ClN3O6S. The van der Waals surface area contributed by atoms with Crippen molar-refractivity contribution in [3.8, 4) is 11.5 Å². The molecule has 0 radical (unpaired) electrons. The van der Waals surface area contributed by atoms with Gasteiger partial charge in [-0.3, -0.25) is 13.9 Å². The monoisotopic (exact) mass is 599 g/mol. The standard InChI is InChI=1S/C30H34ClN3O6S/c1-3-15-32-30(36)26(18-22-7-5-4-6-8-22)33(20-23-9-11-24(31)12-10-23)29(35)21-34(41(2,37)38)25-13-14-27-28(19-25)40-17-16-39-27/h4-14,19,26H,3,15-18,20-21H2,1-2H3,(H,32,36)/t26-/m1/s1. The van der Waals surface area contributed by atoms with E-state index in [0.717, 1.165) is 28.1 Å². The number of halogens is 1. The highest BCUT2D eigenvalue weighted by Crippen LogP contribution is 2.34. The summed E-state index contributed by atoms with van der Waals surface area (Å²) in [5.74, 6) is 0.0459. The first-order chi connectivity index (χ1) is 19.7. The van der Waals surface area contributed by atoms with E-state index in [0.29, 0.717) is 36.3 Å². The van der Waals surface area contributed by atoms with Gasteiger partial charge in [0, 0.05) is 30.6 Å². The molecule has 0 aromatic heterocycles. The highest BCUT2D eigenvalue weighted by molar-refractivity contribution is 7.92. The van der Waals surface area contributed by atoms with Crippen molar-refractivity contribution < 1.29 is 27.5 Å². The van der Waals surface area contributed by atoms with E-state index in [2.05, 4.69) is 5.32 Å². The minimum atomic E-state index is -3.90. The summed E-state index contributed by atoms with van der Waals surface area (Å²) in [5, 5.41) is 3.45. The Morgan fingerprint density at radius 3 is 2.29 bits per heavy atom. The molecule has 3 aromatic carbocycles. The molecule has 0 saturated carbocycles. The number of carbonyl (C=O) groups excluding carboxylic acids is 2. The van der Waals surface area contributed by atoms with Crippen LogP contribution in [0.3, 0.4) is 0 Å². The molecule has 3 aromatic rings. The molecule has 1 atom stereocenters. The average molecular weight is 600 g/mol. The molecule has 0 saturated heterocycles. The van der Waals surface area contributed by atoms with Crippen molar-refractivity contribution in [3.63, 3.8) is 0 Å². The van der Waals surface area contributed by atoms with Crippen molar-refractivity contribution >= 4 is 39.1 Å². The second-order valence-electron chi connectivity index (χ2n) is 9.74. The molecule has 1 aliphatic heterocycles. The van der Waals surface area contributed by atoms with E-state index in [1.165, 1.54) is 4.90 Å². The second-order valence-corrected chi connectivity index (χ2v) is 12.1. The Kier molecular flexibility index (Phi) is 10.1. The number of sulfonamides is 1. The minimum Gasteiger partial charge on any atom is -0.486 e. The topological polar surface area (TPSA) is 105 Å². The maximum Gasteiger partial charge on any atom is 0.244 e. The minimum absolute atomic E-state index is 0.0752. The molecule has 0 spiro atoms. The van der Waals surface area contributed by atoms with Gasteiger partial charge < -0.3 is 19.7 Å². The summed E-state index contributed by atoms with van der Waals surface area (Å²) in [4.78, 5) is 29.1. The van der Waals surface area contributed by atoms with Gasteiger partial charge in [-0.25, -0.2) is 8.42 Å². The number of nitrogens with zero attached hydrogens (tertiary/aromatic N) is 2. The number of benzene rings is 3. The maximum atomic E-state index is 14.1. The van der Waals surface area contributed by atoms with Gasteiger partial charge in [0.25, 0.3) is 0 Å². The lowest BCUT2D eigenvalue weighted by Crippen LogP contribution is -2.53. The summed E-state index contributed by atoms with van der Waals surface area (Å²) in [6.45, 7) is 2.67. The van der Waals surface area contributed by atoms with Crippen LogP contribution in [-0.4, -0.2) is 63.7 Å². The molecule has 9 nitrogen and oxygen atoms in total. The van der Waals surface area contributed by atoms with Crippen molar-refractivity contribution in [2.75, 3.05) is 36.9 Å². The van der Waals surface area contributed by atoms with Crippen LogP contribution in [0, 0.1) is 0 Å². The van der Waals surface area contributed by atoms with E-state index in [-0.39, 0.29) is 24.6 Å². The lowest BCUT2D eigenvalue weighted by molar-refractivity contribution is -0.140. The Labute approximate surface area is 246 Å². The first kappa shape index (κ1) is 30.2. The Morgan fingerprint density at radius 2 is 1.63 bits per heavy atom. The summed E-state index contributed by atoms with van der Waals surface area (Å²) in [5.41, 5.74) is 1.87. The molecule has 1 heterocycles. The Bertz CT molecular complexity index is 1450. The summed E-state index contributed by atoms with van der Waals surface area (Å²) < 4.78 is 38.2. The average Bonchev–Trinajstić information content (AvgIpc) is 2.97.